The quantitative estimate of drug-likeness (QED) is 0.522. The topological polar surface area (TPSA) is 18.5 Å². The first-order valence-corrected chi connectivity index (χ1v) is 6.94. The van der Waals surface area contributed by atoms with Gasteiger partial charge in [0.05, 0.1) is 4.95 Å². The van der Waals surface area contributed by atoms with Gasteiger partial charge >= 0.3 is 8.56 Å². The van der Waals surface area contributed by atoms with Crippen LogP contribution in [-0.4, -0.2) is 26.7 Å². The van der Waals surface area contributed by atoms with Crippen LogP contribution in [0.1, 0.15) is 13.8 Å². The molecule has 4 heteroatoms. The Balaban J connectivity index is 4.07. The number of hydrogen-bond acceptors (Lipinski definition) is 2. The van der Waals surface area contributed by atoms with E-state index in [0.29, 0.717) is 13.2 Å². The van der Waals surface area contributed by atoms with E-state index >= 15 is 0 Å². The van der Waals surface area contributed by atoms with Crippen LogP contribution in [-0.2, 0) is 8.85 Å². The second-order valence-corrected chi connectivity index (χ2v) is 6.57. The van der Waals surface area contributed by atoms with E-state index in [-0.39, 0.29) is 0 Å². The van der Waals surface area contributed by atoms with Crippen molar-refractivity contribution in [3.63, 3.8) is 0 Å². The Morgan fingerprint density at radius 1 is 1.36 bits per heavy atom. The van der Waals surface area contributed by atoms with E-state index in [1.165, 1.54) is 0 Å². The predicted molar refractivity (Wildman–Crippen MR) is 53.0 cm³/mol. The fourth-order valence-corrected chi connectivity index (χ4v) is 4.00. The van der Waals surface area contributed by atoms with Crippen molar-refractivity contribution in [2.75, 3.05) is 18.2 Å². The molecule has 0 rings (SSSR count). The van der Waals surface area contributed by atoms with Crippen molar-refractivity contribution in [3.8, 4) is 0 Å². The molecule has 0 aromatic heterocycles. The van der Waals surface area contributed by atoms with E-state index in [4.69, 9.17) is 8.85 Å². The summed E-state index contributed by atoms with van der Waals surface area (Å²) in [7, 11) is -2.06. The van der Waals surface area contributed by atoms with Gasteiger partial charge in [-0.1, -0.05) is 15.9 Å². The molecular weight excluding hydrogens is 224 g/mol. The molecule has 0 unspecified atom stereocenters. The minimum Gasteiger partial charge on any atom is -0.391 e. The summed E-state index contributed by atoms with van der Waals surface area (Å²) in [4.78, 5) is 0.755. The molecule has 0 saturated heterocycles. The lowest BCUT2D eigenvalue weighted by molar-refractivity contribution is 0.200. The van der Waals surface area contributed by atoms with Crippen molar-refractivity contribution in [3.05, 3.63) is 12.3 Å². The van der Waals surface area contributed by atoms with Gasteiger partial charge in [-0.15, -0.1) is 6.58 Å². The van der Waals surface area contributed by atoms with Gasteiger partial charge in [0.15, 0.2) is 0 Å². The van der Waals surface area contributed by atoms with Gasteiger partial charge in [-0.3, -0.25) is 0 Å². The molecule has 66 valence electrons. The molecule has 2 nitrogen and oxygen atoms in total. The average molecular weight is 239 g/mol. The summed E-state index contributed by atoms with van der Waals surface area (Å²) in [6.45, 7) is 9.02. The summed E-state index contributed by atoms with van der Waals surface area (Å²) in [6.07, 6.45) is 0. The first-order chi connectivity index (χ1) is 5.24. The number of alkyl halides is 1. The van der Waals surface area contributed by atoms with Crippen LogP contribution in [0.25, 0.3) is 0 Å². The molecule has 11 heavy (non-hydrogen) atoms. The molecule has 0 atom stereocenters. The summed E-state index contributed by atoms with van der Waals surface area (Å²) in [5.41, 5.74) is 1.81. The normalized spacial score (nSPS) is 11.5. The second-order valence-electron chi connectivity index (χ2n) is 2.02. The van der Waals surface area contributed by atoms with Gasteiger partial charge in [-0.05, 0) is 19.5 Å². The maximum atomic E-state index is 5.52. The third kappa shape index (κ3) is 3.51. The highest BCUT2D eigenvalue weighted by Gasteiger charge is 2.31. The number of hydrogen-bond donors (Lipinski definition) is 0. The zero-order chi connectivity index (χ0) is 8.74. The number of rotatable bonds is 6. The van der Waals surface area contributed by atoms with Crippen LogP contribution >= 0.6 is 15.9 Å². The van der Waals surface area contributed by atoms with Crippen LogP contribution in [0.15, 0.2) is 12.3 Å². The van der Waals surface area contributed by atoms with Gasteiger partial charge in [0.25, 0.3) is 0 Å². The molecule has 0 aliphatic heterocycles. The van der Waals surface area contributed by atoms with Gasteiger partial charge in [-0.25, -0.2) is 0 Å². The average Bonchev–Trinajstić information content (AvgIpc) is 2.04. The summed E-state index contributed by atoms with van der Waals surface area (Å²) in [5.74, 6) is 0. The van der Waals surface area contributed by atoms with Crippen LogP contribution in [0.4, 0.5) is 0 Å². The minimum atomic E-state index is -2.06. The van der Waals surface area contributed by atoms with Crippen molar-refractivity contribution in [1.82, 2.24) is 0 Å². The summed E-state index contributed by atoms with van der Waals surface area (Å²) in [6, 6.07) is 0. The maximum Gasteiger partial charge on any atom is 0.375 e. The third-order valence-electron chi connectivity index (χ3n) is 1.27. The van der Waals surface area contributed by atoms with Crippen molar-refractivity contribution in [1.29, 1.82) is 0 Å². The molecule has 0 fully saturated rings. The molecule has 0 saturated carbocycles. The highest BCUT2D eigenvalue weighted by Crippen LogP contribution is 2.11. The predicted octanol–water partition coefficient (Wildman–Crippen LogP) is 2.16. The lowest BCUT2D eigenvalue weighted by Crippen LogP contribution is -2.42. The highest BCUT2D eigenvalue weighted by atomic mass is 79.9. The monoisotopic (exact) mass is 238 g/mol. The molecule has 0 heterocycles. The smallest absolute Gasteiger partial charge is 0.375 e. The lowest BCUT2D eigenvalue weighted by atomic mass is 10.9. The maximum absolute atomic E-state index is 5.52. The van der Waals surface area contributed by atoms with Gasteiger partial charge in [0.2, 0.25) is 0 Å². The first kappa shape index (κ1) is 11.4. The minimum absolute atomic E-state index is 0.684. The first-order valence-electron chi connectivity index (χ1n) is 3.72. The molecule has 0 aliphatic carbocycles. The Kier molecular flexibility index (Phi) is 6.13. The van der Waals surface area contributed by atoms with Gasteiger partial charge in [-0.2, -0.15) is 0 Å². The Morgan fingerprint density at radius 2 is 1.82 bits per heavy atom. The highest BCUT2D eigenvalue weighted by molar-refractivity contribution is 9.09. The van der Waals surface area contributed by atoms with Crippen LogP contribution in [0, 0.1) is 0 Å². The number of halogens is 1. The molecule has 0 aliphatic rings. The van der Waals surface area contributed by atoms with Crippen molar-refractivity contribution in [2.45, 2.75) is 13.8 Å². The summed E-state index contributed by atoms with van der Waals surface area (Å²) >= 11 is 3.38. The molecule has 0 amide bonds. The largest absolute Gasteiger partial charge is 0.391 e. The molecule has 0 radical (unpaired) electrons. The van der Waals surface area contributed by atoms with Gasteiger partial charge < -0.3 is 8.85 Å². The van der Waals surface area contributed by atoms with Crippen LogP contribution in [0.3, 0.4) is 0 Å². The Bertz CT molecular complexity index is 113. The zero-order valence-electron chi connectivity index (χ0n) is 7.10. The fourth-order valence-electron chi connectivity index (χ4n) is 0.780. The molecule has 0 N–H and O–H groups in total. The van der Waals surface area contributed by atoms with E-state index in [0.717, 1.165) is 4.95 Å². The Labute approximate surface area is 78.0 Å². The SMILES string of the molecule is C=C[Si](CBr)(OCC)OCC. The zero-order valence-corrected chi connectivity index (χ0v) is 9.69. The van der Waals surface area contributed by atoms with E-state index in [9.17, 15) is 0 Å². The van der Waals surface area contributed by atoms with E-state index in [1.54, 1.807) is 0 Å². The van der Waals surface area contributed by atoms with E-state index < -0.39 is 8.56 Å². The van der Waals surface area contributed by atoms with Crippen molar-refractivity contribution >= 4 is 24.5 Å². The van der Waals surface area contributed by atoms with Crippen molar-refractivity contribution in [2.24, 2.45) is 0 Å². The van der Waals surface area contributed by atoms with E-state index in [2.05, 4.69) is 22.5 Å². The van der Waals surface area contributed by atoms with Crippen LogP contribution in [0.2, 0.25) is 0 Å². The van der Waals surface area contributed by atoms with E-state index in [1.807, 2.05) is 19.5 Å². The van der Waals surface area contributed by atoms with Crippen molar-refractivity contribution < 1.29 is 8.85 Å². The van der Waals surface area contributed by atoms with Crippen LogP contribution in [0.5, 0.6) is 0 Å². The standard InChI is InChI=1S/C7H15BrO2Si/c1-4-9-11(6-3,7-8)10-5-2/h6H,3-5,7H2,1-2H3. The summed E-state index contributed by atoms with van der Waals surface area (Å²) < 4.78 is 11.0. The molecule has 0 aromatic carbocycles. The molecule has 0 bridgehead atoms. The van der Waals surface area contributed by atoms with Gasteiger partial charge in [0.1, 0.15) is 0 Å². The fraction of sp³-hybridized carbons (Fsp3) is 0.714. The molecular formula is C7H15BrO2Si. The summed E-state index contributed by atoms with van der Waals surface area (Å²) in [5, 5.41) is 0. The van der Waals surface area contributed by atoms with Crippen LogP contribution < -0.4 is 0 Å². The Morgan fingerprint density at radius 3 is 2.00 bits per heavy atom. The molecule has 0 spiro atoms. The third-order valence-corrected chi connectivity index (χ3v) is 6.17. The Hall–Kier alpha value is 0.357. The second kappa shape index (κ2) is 5.94. The lowest BCUT2D eigenvalue weighted by Gasteiger charge is -2.23. The molecule has 0 aromatic rings. The van der Waals surface area contributed by atoms with Gasteiger partial charge in [0, 0.05) is 13.2 Å².